The number of hydrogen-bond acceptors (Lipinski definition) is 6. The van der Waals surface area contributed by atoms with E-state index in [0.29, 0.717) is 11.4 Å². The molecule has 3 aromatic rings. The van der Waals surface area contributed by atoms with Crippen LogP contribution in [0.25, 0.3) is 5.69 Å². The maximum atomic E-state index is 12.9. The van der Waals surface area contributed by atoms with Crippen molar-refractivity contribution in [1.29, 1.82) is 0 Å². The van der Waals surface area contributed by atoms with Gasteiger partial charge >= 0.3 is 5.97 Å². The molecule has 1 amide bonds. The van der Waals surface area contributed by atoms with Gasteiger partial charge in [-0.25, -0.2) is 9.48 Å². The zero-order chi connectivity index (χ0) is 23.6. The highest BCUT2D eigenvalue weighted by atomic mass is 35.5. The molecule has 2 aromatic carbocycles. The Morgan fingerprint density at radius 2 is 1.84 bits per heavy atom. The average molecular weight is 459 g/mol. The van der Waals surface area contributed by atoms with Crippen LogP contribution in [0.2, 0.25) is 5.02 Å². The summed E-state index contributed by atoms with van der Waals surface area (Å²) in [5.74, 6) is -1.75. The Balaban J connectivity index is 1.80. The predicted molar refractivity (Wildman–Crippen MR) is 117 cm³/mol. The summed E-state index contributed by atoms with van der Waals surface area (Å²) < 4.78 is 8.10. The van der Waals surface area contributed by atoms with Crippen molar-refractivity contribution in [3.05, 3.63) is 85.3 Å². The first-order valence-corrected chi connectivity index (χ1v) is 9.79. The van der Waals surface area contributed by atoms with Crippen LogP contribution >= 0.6 is 11.6 Å². The van der Waals surface area contributed by atoms with Gasteiger partial charge in [0.25, 0.3) is 17.2 Å². The second kappa shape index (κ2) is 9.06. The van der Waals surface area contributed by atoms with E-state index < -0.39 is 28.5 Å². The maximum absolute atomic E-state index is 12.9. The second-order valence-electron chi connectivity index (χ2n) is 6.89. The van der Waals surface area contributed by atoms with Crippen molar-refractivity contribution in [2.24, 2.45) is 7.05 Å². The number of rotatable bonds is 6. The van der Waals surface area contributed by atoms with Crippen molar-refractivity contribution in [3.63, 3.8) is 0 Å². The molecule has 166 valence electrons. The van der Waals surface area contributed by atoms with Crippen molar-refractivity contribution in [1.82, 2.24) is 9.36 Å². The van der Waals surface area contributed by atoms with Gasteiger partial charge in [0.05, 0.1) is 26.9 Å². The number of nitro benzene ring substituents is 1. The van der Waals surface area contributed by atoms with E-state index in [9.17, 15) is 24.5 Å². The molecule has 0 radical (unpaired) electrons. The van der Waals surface area contributed by atoms with Gasteiger partial charge in [-0.05, 0) is 32.0 Å². The highest BCUT2D eigenvalue weighted by molar-refractivity contribution is 6.33. The minimum Gasteiger partial charge on any atom is -0.449 e. The minimum atomic E-state index is -1.30. The van der Waals surface area contributed by atoms with E-state index in [1.807, 2.05) is 6.07 Å². The third-order valence-electron chi connectivity index (χ3n) is 4.84. The van der Waals surface area contributed by atoms with Crippen molar-refractivity contribution in [3.8, 4) is 5.69 Å². The van der Waals surface area contributed by atoms with E-state index in [-0.39, 0.29) is 22.0 Å². The van der Waals surface area contributed by atoms with Crippen LogP contribution in [0.3, 0.4) is 0 Å². The molecule has 0 aliphatic rings. The second-order valence-corrected chi connectivity index (χ2v) is 7.30. The Morgan fingerprint density at radius 3 is 2.47 bits per heavy atom. The SMILES string of the molecule is Cc1c(NC(=O)C(C)OC(=O)c2cc([N+](=O)[O-])ccc2Cl)c(=O)n(-c2ccccc2)n1C. The summed E-state index contributed by atoms with van der Waals surface area (Å²) in [6.45, 7) is 2.97. The Bertz CT molecular complexity index is 1270. The fourth-order valence-corrected chi connectivity index (χ4v) is 3.19. The number of anilines is 1. The molecule has 10 nitrogen and oxygen atoms in total. The Morgan fingerprint density at radius 1 is 1.19 bits per heavy atom. The molecule has 0 fully saturated rings. The summed E-state index contributed by atoms with van der Waals surface area (Å²) in [6, 6.07) is 12.2. The van der Waals surface area contributed by atoms with Crippen LogP contribution in [0.15, 0.2) is 53.3 Å². The first kappa shape index (κ1) is 22.8. The van der Waals surface area contributed by atoms with Gasteiger partial charge in [-0.1, -0.05) is 29.8 Å². The van der Waals surface area contributed by atoms with Gasteiger partial charge < -0.3 is 10.1 Å². The van der Waals surface area contributed by atoms with Crippen LogP contribution < -0.4 is 10.9 Å². The van der Waals surface area contributed by atoms with E-state index in [4.69, 9.17) is 16.3 Å². The number of carbonyl (C=O) groups excluding carboxylic acids is 2. The number of esters is 1. The lowest BCUT2D eigenvalue weighted by Gasteiger charge is -2.13. The van der Waals surface area contributed by atoms with Gasteiger partial charge in [0.2, 0.25) is 0 Å². The van der Waals surface area contributed by atoms with Crippen LogP contribution in [-0.4, -0.2) is 32.3 Å². The van der Waals surface area contributed by atoms with E-state index >= 15 is 0 Å². The summed E-state index contributed by atoms with van der Waals surface area (Å²) in [5, 5.41) is 13.4. The molecule has 11 heteroatoms. The molecule has 0 aliphatic heterocycles. The standard InChI is InChI=1S/C21H19ClN4O6/c1-12-18(20(28)25(24(12)3)14-7-5-4-6-8-14)23-19(27)13(2)32-21(29)16-11-15(26(30)31)9-10-17(16)22/h4-11,13H,1-3H3,(H,23,27). The Kier molecular flexibility index (Phi) is 6.45. The number of para-hydroxylation sites is 1. The molecule has 1 heterocycles. The van der Waals surface area contributed by atoms with Crippen LogP contribution in [0.1, 0.15) is 23.0 Å². The molecule has 32 heavy (non-hydrogen) atoms. The molecular formula is C21H19ClN4O6. The van der Waals surface area contributed by atoms with Crippen LogP contribution in [0, 0.1) is 17.0 Å². The molecule has 1 unspecified atom stereocenters. The van der Waals surface area contributed by atoms with Crippen LogP contribution in [0.4, 0.5) is 11.4 Å². The average Bonchev–Trinajstić information content (AvgIpc) is 2.97. The lowest BCUT2D eigenvalue weighted by atomic mass is 10.2. The number of amides is 1. The number of aromatic nitrogens is 2. The molecule has 3 rings (SSSR count). The zero-order valence-electron chi connectivity index (χ0n) is 17.4. The predicted octanol–water partition coefficient (Wildman–Crippen LogP) is 3.23. The molecule has 1 aromatic heterocycles. The lowest BCUT2D eigenvalue weighted by Crippen LogP contribution is -2.32. The Hall–Kier alpha value is -3.92. The number of halogens is 1. The molecule has 0 saturated carbocycles. The number of benzene rings is 2. The number of hydrogen-bond donors (Lipinski definition) is 1. The highest BCUT2D eigenvalue weighted by Gasteiger charge is 2.25. The van der Waals surface area contributed by atoms with Gasteiger partial charge in [0.15, 0.2) is 6.10 Å². The summed E-state index contributed by atoms with van der Waals surface area (Å²) in [4.78, 5) is 48.2. The molecule has 0 bridgehead atoms. The van der Waals surface area contributed by atoms with Gasteiger partial charge in [0.1, 0.15) is 5.69 Å². The van der Waals surface area contributed by atoms with Crippen LogP contribution in [0.5, 0.6) is 0 Å². The number of nitrogens with one attached hydrogen (secondary N) is 1. The molecular weight excluding hydrogens is 440 g/mol. The van der Waals surface area contributed by atoms with E-state index in [1.165, 1.54) is 17.7 Å². The molecule has 0 saturated heterocycles. The normalized spacial score (nSPS) is 11.6. The van der Waals surface area contributed by atoms with Crippen molar-refractivity contribution < 1.29 is 19.2 Å². The molecule has 1 N–H and O–H groups in total. The van der Waals surface area contributed by atoms with Crippen LogP contribution in [-0.2, 0) is 16.6 Å². The lowest BCUT2D eigenvalue weighted by molar-refractivity contribution is -0.384. The van der Waals surface area contributed by atoms with Crippen molar-refractivity contribution in [2.75, 3.05) is 5.32 Å². The number of nitro groups is 1. The van der Waals surface area contributed by atoms with Gasteiger partial charge in [-0.3, -0.25) is 24.4 Å². The summed E-state index contributed by atoms with van der Waals surface area (Å²) in [6.07, 6.45) is -1.30. The third-order valence-corrected chi connectivity index (χ3v) is 5.17. The number of nitrogens with zero attached hydrogens (tertiary/aromatic N) is 3. The van der Waals surface area contributed by atoms with Gasteiger partial charge in [0, 0.05) is 19.2 Å². The topological polar surface area (TPSA) is 125 Å². The summed E-state index contributed by atoms with van der Waals surface area (Å²) in [7, 11) is 1.67. The fourth-order valence-electron chi connectivity index (χ4n) is 3.00. The first-order valence-electron chi connectivity index (χ1n) is 9.41. The monoisotopic (exact) mass is 458 g/mol. The van der Waals surface area contributed by atoms with Gasteiger partial charge in [-0.15, -0.1) is 0 Å². The summed E-state index contributed by atoms with van der Waals surface area (Å²) in [5.41, 5.74) is 0.0981. The number of non-ortho nitro benzene ring substituents is 1. The smallest absolute Gasteiger partial charge is 0.340 e. The Labute approximate surface area is 187 Å². The van der Waals surface area contributed by atoms with Crippen molar-refractivity contribution in [2.45, 2.75) is 20.0 Å². The largest absolute Gasteiger partial charge is 0.449 e. The van der Waals surface area contributed by atoms with Crippen molar-refractivity contribution >= 4 is 34.9 Å². The maximum Gasteiger partial charge on any atom is 0.340 e. The van der Waals surface area contributed by atoms with E-state index in [0.717, 1.165) is 12.1 Å². The minimum absolute atomic E-state index is 0.0395. The first-order chi connectivity index (χ1) is 15.1. The molecule has 0 spiro atoms. The van der Waals surface area contributed by atoms with E-state index in [1.54, 1.807) is 42.9 Å². The molecule has 1 atom stereocenters. The summed E-state index contributed by atoms with van der Waals surface area (Å²) >= 11 is 5.94. The molecule has 0 aliphatic carbocycles. The quantitative estimate of drug-likeness (QED) is 0.343. The fraction of sp³-hybridized carbons (Fsp3) is 0.190. The van der Waals surface area contributed by atoms with E-state index in [2.05, 4.69) is 5.32 Å². The zero-order valence-corrected chi connectivity index (χ0v) is 18.1. The highest BCUT2D eigenvalue weighted by Crippen LogP contribution is 2.23. The third kappa shape index (κ3) is 4.40. The van der Waals surface area contributed by atoms with Gasteiger partial charge in [-0.2, -0.15) is 0 Å². The number of ether oxygens (including phenoxy) is 1. The number of carbonyl (C=O) groups is 2.